The Morgan fingerprint density at radius 3 is 2.90 bits per heavy atom. The van der Waals surface area contributed by atoms with Crippen molar-refractivity contribution in [2.75, 3.05) is 13.1 Å². The Kier molecular flexibility index (Phi) is 5.53. The van der Waals surface area contributed by atoms with Gasteiger partial charge in [0.05, 0.1) is 6.04 Å². The number of rotatable bonds is 6. The van der Waals surface area contributed by atoms with Crippen molar-refractivity contribution < 1.29 is 4.79 Å². The lowest BCUT2D eigenvalue weighted by Gasteiger charge is -2.25. The molecule has 0 radical (unpaired) electrons. The highest BCUT2D eigenvalue weighted by molar-refractivity contribution is 5.77. The van der Waals surface area contributed by atoms with Crippen LogP contribution in [0.3, 0.4) is 0 Å². The van der Waals surface area contributed by atoms with Gasteiger partial charge < -0.3 is 10.2 Å². The van der Waals surface area contributed by atoms with E-state index in [9.17, 15) is 4.79 Å². The highest BCUT2D eigenvalue weighted by Gasteiger charge is 2.29. The second-order valence-corrected chi connectivity index (χ2v) is 5.74. The number of hydrogen-bond donors (Lipinski definition) is 1. The third-order valence-corrected chi connectivity index (χ3v) is 3.78. The van der Waals surface area contributed by atoms with Crippen LogP contribution in [0.5, 0.6) is 0 Å². The van der Waals surface area contributed by atoms with Crippen LogP contribution in [-0.4, -0.2) is 34.9 Å². The minimum atomic E-state index is 0.253. The SMILES string of the molecule is CC(C)NCCCC(=O)N1CCCC1c1ccncc1. The van der Waals surface area contributed by atoms with Crippen LogP contribution in [0.25, 0.3) is 0 Å². The van der Waals surface area contributed by atoms with Gasteiger partial charge in [0, 0.05) is 31.4 Å². The van der Waals surface area contributed by atoms with E-state index in [2.05, 4.69) is 24.1 Å². The Balaban J connectivity index is 1.86. The molecular formula is C16H25N3O. The van der Waals surface area contributed by atoms with Crippen LogP contribution in [0.1, 0.15) is 51.1 Å². The average molecular weight is 275 g/mol. The lowest BCUT2D eigenvalue weighted by Crippen LogP contribution is -2.31. The van der Waals surface area contributed by atoms with Crippen LogP contribution in [0.4, 0.5) is 0 Å². The summed E-state index contributed by atoms with van der Waals surface area (Å²) in [6, 6.07) is 4.79. The normalized spacial score (nSPS) is 18.8. The molecule has 2 rings (SSSR count). The highest BCUT2D eigenvalue weighted by Crippen LogP contribution is 2.32. The summed E-state index contributed by atoms with van der Waals surface area (Å²) in [5.74, 6) is 0.287. The van der Waals surface area contributed by atoms with Gasteiger partial charge in [-0.25, -0.2) is 0 Å². The molecule has 0 bridgehead atoms. The predicted octanol–water partition coefficient (Wildman–Crippen LogP) is 2.52. The maximum atomic E-state index is 12.4. The number of nitrogens with zero attached hydrogens (tertiary/aromatic N) is 2. The summed E-state index contributed by atoms with van der Waals surface area (Å²) in [5.41, 5.74) is 1.21. The van der Waals surface area contributed by atoms with E-state index in [-0.39, 0.29) is 11.9 Å². The van der Waals surface area contributed by atoms with Gasteiger partial charge in [-0.15, -0.1) is 0 Å². The molecule has 1 aliphatic heterocycles. The summed E-state index contributed by atoms with van der Waals surface area (Å²) in [4.78, 5) is 18.5. The fourth-order valence-corrected chi connectivity index (χ4v) is 2.77. The molecule has 20 heavy (non-hydrogen) atoms. The van der Waals surface area contributed by atoms with Gasteiger partial charge in [0.25, 0.3) is 0 Å². The van der Waals surface area contributed by atoms with E-state index in [1.807, 2.05) is 29.4 Å². The van der Waals surface area contributed by atoms with Crippen molar-refractivity contribution in [3.63, 3.8) is 0 Å². The second kappa shape index (κ2) is 7.39. The van der Waals surface area contributed by atoms with E-state index in [0.29, 0.717) is 12.5 Å². The van der Waals surface area contributed by atoms with Crippen molar-refractivity contribution in [3.8, 4) is 0 Å². The summed E-state index contributed by atoms with van der Waals surface area (Å²) >= 11 is 0. The molecule has 4 heteroatoms. The smallest absolute Gasteiger partial charge is 0.223 e. The van der Waals surface area contributed by atoms with Crippen molar-refractivity contribution >= 4 is 5.91 Å². The third kappa shape index (κ3) is 4.04. The molecule has 1 atom stereocenters. The Morgan fingerprint density at radius 2 is 2.20 bits per heavy atom. The van der Waals surface area contributed by atoms with Gasteiger partial charge in [0.1, 0.15) is 0 Å². The molecule has 1 aromatic heterocycles. The molecule has 110 valence electrons. The number of likely N-dealkylation sites (tertiary alicyclic amines) is 1. The van der Waals surface area contributed by atoms with Crippen molar-refractivity contribution in [2.45, 2.75) is 51.6 Å². The number of carbonyl (C=O) groups excluding carboxylic acids is 1. The number of pyridine rings is 1. The molecular weight excluding hydrogens is 250 g/mol. The van der Waals surface area contributed by atoms with Gasteiger partial charge in [-0.1, -0.05) is 13.8 Å². The van der Waals surface area contributed by atoms with Crippen molar-refractivity contribution in [1.82, 2.24) is 15.2 Å². The molecule has 1 unspecified atom stereocenters. The molecule has 1 N–H and O–H groups in total. The fourth-order valence-electron chi connectivity index (χ4n) is 2.77. The Bertz CT molecular complexity index is 419. The molecule has 0 aromatic carbocycles. The predicted molar refractivity (Wildman–Crippen MR) is 80.3 cm³/mol. The van der Waals surface area contributed by atoms with Gasteiger partial charge in [-0.2, -0.15) is 0 Å². The molecule has 1 saturated heterocycles. The molecule has 1 aromatic rings. The summed E-state index contributed by atoms with van der Waals surface area (Å²) in [7, 11) is 0. The maximum Gasteiger partial charge on any atom is 0.223 e. The zero-order valence-corrected chi connectivity index (χ0v) is 12.5. The Hall–Kier alpha value is -1.42. The fraction of sp³-hybridized carbons (Fsp3) is 0.625. The van der Waals surface area contributed by atoms with Crippen LogP contribution in [0.2, 0.25) is 0 Å². The first-order valence-electron chi connectivity index (χ1n) is 7.61. The van der Waals surface area contributed by atoms with Gasteiger partial charge in [-0.05, 0) is 43.5 Å². The van der Waals surface area contributed by atoms with Crippen LogP contribution in [-0.2, 0) is 4.79 Å². The Morgan fingerprint density at radius 1 is 1.45 bits per heavy atom. The van der Waals surface area contributed by atoms with E-state index in [1.54, 1.807) is 0 Å². The van der Waals surface area contributed by atoms with Crippen molar-refractivity contribution in [3.05, 3.63) is 30.1 Å². The van der Waals surface area contributed by atoms with Crippen LogP contribution < -0.4 is 5.32 Å². The summed E-state index contributed by atoms with van der Waals surface area (Å²) < 4.78 is 0. The van der Waals surface area contributed by atoms with E-state index >= 15 is 0 Å². The lowest BCUT2D eigenvalue weighted by molar-refractivity contribution is -0.132. The first-order chi connectivity index (χ1) is 9.68. The number of carbonyl (C=O) groups is 1. The number of hydrogen-bond acceptors (Lipinski definition) is 3. The number of amides is 1. The van der Waals surface area contributed by atoms with Crippen molar-refractivity contribution in [1.29, 1.82) is 0 Å². The van der Waals surface area contributed by atoms with E-state index in [1.165, 1.54) is 5.56 Å². The third-order valence-electron chi connectivity index (χ3n) is 3.78. The van der Waals surface area contributed by atoms with Crippen molar-refractivity contribution in [2.24, 2.45) is 0 Å². The minimum Gasteiger partial charge on any atom is -0.336 e. The minimum absolute atomic E-state index is 0.253. The Labute approximate surface area is 121 Å². The largest absolute Gasteiger partial charge is 0.336 e. The van der Waals surface area contributed by atoms with Gasteiger partial charge in [0.2, 0.25) is 5.91 Å². The zero-order valence-electron chi connectivity index (χ0n) is 12.5. The van der Waals surface area contributed by atoms with E-state index in [4.69, 9.17) is 0 Å². The maximum absolute atomic E-state index is 12.4. The summed E-state index contributed by atoms with van der Waals surface area (Å²) in [5, 5.41) is 3.36. The summed E-state index contributed by atoms with van der Waals surface area (Å²) in [6.07, 6.45) is 7.34. The van der Waals surface area contributed by atoms with E-state index in [0.717, 1.165) is 32.4 Å². The van der Waals surface area contributed by atoms with Gasteiger partial charge in [-0.3, -0.25) is 9.78 Å². The summed E-state index contributed by atoms with van der Waals surface area (Å²) in [6.45, 7) is 6.06. The molecule has 1 amide bonds. The van der Waals surface area contributed by atoms with Crippen LogP contribution >= 0.6 is 0 Å². The van der Waals surface area contributed by atoms with Crippen LogP contribution in [0.15, 0.2) is 24.5 Å². The molecule has 0 spiro atoms. The van der Waals surface area contributed by atoms with Crippen LogP contribution in [0, 0.1) is 0 Å². The number of aromatic nitrogens is 1. The highest BCUT2D eigenvalue weighted by atomic mass is 16.2. The molecule has 4 nitrogen and oxygen atoms in total. The first-order valence-corrected chi connectivity index (χ1v) is 7.61. The molecule has 1 aliphatic rings. The molecule has 2 heterocycles. The average Bonchev–Trinajstić information content (AvgIpc) is 2.93. The first kappa shape index (κ1) is 15.0. The van der Waals surface area contributed by atoms with Gasteiger partial charge >= 0.3 is 0 Å². The number of nitrogens with one attached hydrogen (secondary N) is 1. The monoisotopic (exact) mass is 275 g/mol. The quantitative estimate of drug-likeness (QED) is 0.811. The molecule has 1 fully saturated rings. The standard InChI is InChI=1S/C16H25N3O/c1-13(2)18-9-3-6-16(20)19-12-4-5-15(19)14-7-10-17-11-8-14/h7-8,10-11,13,15,18H,3-6,9,12H2,1-2H3. The zero-order chi connectivity index (χ0) is 14.4. The second-order valence-electron chi connectivity index (χ2n) is 5.74. The molecule has 0 aliphatic carbocycles. The lowest BCUT2D eigenvalue weighted by atomic mass is 10.1. The van der Waals surface area contributed by atoms with E-state index < -0.39 is 0 Å². The molecule has 0 saturated carbocycles. The topological polar surface area (TPSA) is 45.2 Å². The van der Waals surface area contributed by atoms with Gasteiger partial charge in [0.15, 0.2) is 0 Å².